The molecule has 3 heterocycles. The van der Waals surface area contributed by atoms with Crippen LogP contribution in [-0.4, -0.2) is 46.8 Å². The predicted molar refractivity (Wildman–Crippen MR) is 109 cm³/mol. The lowest BCUT2D eigenvalue weighted by Gasteiger charge is -2.62. The third-order valence-corrected chi connectivity index (χ3v) is 7.34. The van der Waals surface area contributed by atoms with Crippen molar-refractivity contribution in [2.24, 2.45) is 5.92 Å². The molecule has 1 atom stereocenters. The minimum atomic E-state index is -0.0532. The number of nitrogens with zero attached hydrogens (tertiary/aromatic N) is 3. The molecule has 3 saturated carbocycles. The molecule has 1 aromatic carbocycles. The highest BCUT2D eigenvalue weighted by molar-refractivity contribution is 5.87. The number of ether oxygens (including phenoxy) is 1. The number of rotatable bonds is 3. The second-order valence-electron chi connectivity index (χ2n) is 8.98. The molecule has 150 valence electrons. The summed E-state index contributed by atoms with van der Waals surface area (Å²) in [4.78, 5) is 14.0. The van der Waals surface area contributed by atoms with Gasteiger partial charge in [-0.25, -0.2) is 4.68 Å². The van der Waals surface area contributed by atoms with Crippen LogP contribution in [0.3, 0.4) is 0 Å². The molecule has 1 N–H and O–H groups in total. The fraction of sp³-hybridized carbons (Fsp3) is 0.478. The summed E-state index contributed by atoms with van der Waals surface area (Å²) in [5.74, 6) is 1.63. The van der Waals surface area contributed by atoms with Crippen molar-refractivity contribution in [3.8, 4) is 11.6 Å². The van der Waals surface area contributed by atoms with Gasteiger partial charge in [0.1, 0.15) is 6.61 Å². The minimum absolute atomic E-state index is 0.0340. The molecule has 29 heavy (non-hydrogen) atoms. The first-order chi connectivity index (χ1) is 14.2. The zero-order chi connectivity index (χ0) is 19.6. The zero-order valence-electron chi connectivity index (χ0n) is 16.6. The van der Waals surface area contributed by atoms with Crippen LogP contribution in [0.2, 0.25) is 0 Å². The summed E-state index contributed by atoms with van der Waals surface area (Å²) in [6.07, 6.45) is 6.38. The van der Waals surface area contributed by atoms with Gasteiger partial charge in [-0.1, -0.05) is 18.7 Å². The van der Waals surface area contributed by atoms with Gasteiger partial charge in [-0.05, 0) is 54.4 Å². The van der Waals surface area contributed by atoms with Crippen LogP contribution in [0.4, 0.5) is 0 Å². The van der Waals surface area contributed by atoms with Crippen molar-refractivity contribution in [1.29, 1.82) is 0 Å². The fourth-order valence-electron chi connectivity index (χ4n) is 5.66. The summed E-state index contributed by atoms with van der Waals surface area (Å²) in [7, 11) is 0. The van der Waals surface area contributed by atoms with E-state index in [2.05, 4.69) is 40.8 Å². The number of hydrogen-bond donors (Lipinski definition) is 1. The van der Waals surface area contributed by atoms with Gasteiger partial charge in [-0.2, -0.15) is 0 Å². The van der Waals surface area contributed by atoms with Gasteiger partial charge in [-0.3, -0.25) is 4.79 Å². The Bertz CT molecular complexity index is 976. The van der Waals surface area contributed by atoms with Crippen LogP contribution >= 0.6 is 0 Å². The van der Waals surface area contributed by atoms with Crippen molar-refractivity contribution in [2.75, 3.05) is 26.2 Å². The van der Waals surface area contributed by atoms with Gasteiger partial charge in [0.25, 0.3) is 0 Å². The Morgan fingerprint density at radius 3 is 2.76 bits per heavy atom. The van der Waals surface area contributed by atoms with Crippen molar-refractivity contribution in [3.05, 3.63) is 53.7 Å². The monoisotopic (exact) mass is 390 g/mol. The van der Waals surface area contributed by atoms with E-state index in [1.807, 2.05) is 0 Å². The predicted octanol–water partition coefficient (Wildman–Crippen LogP) is 2.52. The molecule has 2 aromatic rings. The maximum atomic E-state index is 12.2. The molecule has 2 aliphatic heterocycles. The van der Waals surface area contributed by atoms with Crippen LogP contribution < -0.4 is 10.1 Å². The lowest BCUT2D eigenvalue weighted by molar-refractivity contribution is -0.127. The van der Waals surface area contributed by atoms with E-state index in [0.29, 0.717) is 31.0 Å². The minimum Gasteiger partial charge on any atom is -0.474 e. The Morgan fingerprint density at radius 2 is 2.07 bits per heavy atom. The molecule has 3 fully saturated rings. The van der Waals surface area contributed by atoms with Crippen LogP contribution in [0.15, 0.2) is 36.9 Å². The average molecular weight is 390 g/mol. The van der Waals surface area contributed by atoms with Crippen molar-refractivity contribution in [3.63, 3.8) is 0 Å². The summed E-state index contributed by atoms with van der Waals surface area (Å²) < 4.78 is 8.06. The molecule has 6 nitrogen and oxygen atoms in total. The highest BCUT2D eigenvalue weighted by Gasteiger charge is 2.57. The number of benzene rings is 1. The number of nitrogens with one attached hydrogen (secondary N) is 1. The van der Waals surface area contributed by atoms with Gasteiger partial charge < -0.3 is 15.0 Å². The summed E-state index contributed by atoms with van der Waals surface area (Å²) in [6.45, 7) is 6.09. The second kappa shape index (κ2) is 6.20. The molecule has 7 rings (SSSR count). The zero-order valence-corrected chi connectivity index (χ0v) is 16.6. The first kappa shape index (κ1) is 17.3. The summed E-state index contributed by atoms with van der Waals surface area (Å²) in [6, 6.07) is 9.03. The normalized spacial score (nSPS) is 29.4. The Balaban J connectivity index is 1.35. The van der Waals surface area contributed by atoms with E-state index >= 15 is 0 Å². The summed E-state index contributed by atoms with van der Waals surface area (Å²) >= 11 is 0. The van der Waals surface area contributed by atoms with Crippen molar-refractivity contribution in [2.45, 2.75) is 37.1 Å². The third-order valence-electron chi connectivity index (χ3n) is 7.34. The molecular weight excluding hydrogens is 364 g/mol. The van der Waals surface area contributed by atoms with Crippen molar-refractivity contribution >= 4 is 5.91 Å². The van der Waals surface area contributed by atoms with Crippen molar-refractivity contribution in [1.82, 2.24) is 20.0 Å². The van der Waals surface area contributed by atoms with E-state index in [0.717, 1.165) is 30.1 Å². The molecule has 3 aliphatic carbocycles. The first-order valence-electron chi connectivity index (χ1n) is 10.7. The van der Waals surface area contributed by atoms with Crippen LogP contribution in [-0.2, 0) is 16.6 Å². The van der Waals surface area contributed by atoms with Crippen LogP contribution in [0.5, 0.6) is 5.88 Å². The van der Waals surface area contributed by atoms with Gasteiger partial charge in [0.05, 0.1) is 29.5 Å². The highest BCUT2D eigenvalue weighted by Crippen LogP contribution is 2.65. The number of carbonyl (C=O) groups excluding carboxylic acids is 1. The quantitative estimate of drug-likeness (QED) is 0.819. The molecule has 2 bridgehead atoms. The van der Waals surface area contributed by atoms with Gasteiger partial charge >= 0.3 is 0 Å². The average Bonchev–Trinajstić information content (AvgIpc) is 3.02. The van der Waals surface area contributed by atoms with Crippen LogP contribution in [0.25, 0.3) is 5.69 Å². The topological polar surface area (TPSA) is 59.4 Å². The SMILES string of the molecule is C=CC(=O)N1CCOc2nn(-c3ccc(C45CC(C4)C5)cc3)c3c2[C@H](C1)NCC3. The lowest BCUT2D eigenvalue weighted by Crippen LogP contribution is -2.55. The summed E-state index contributed by atoms with van der Waals surface area (Å²) in [5.41, 5.74) is 5.34. The Kier molecular flexibility index (Phi) is 3.69. The van der Waals surface area contributed by atoms with Gasteiger partial charge in [-0.15, -0.1) is 5.10 Å². The molecule has 1 aromatic heterocycles. The first-order valence-corrected chi connectivity index (χ1v) is 10.7. The largest absolute Gasteiger partial charge is 0.474 e. The van der Waals surface area contributed by atoms with Gasteiger partial charge in [0, 0.05) is 19.5 Å². The number of hydrogen-bond acceptors (Lipinski definition) is 4. The molecule has 1 amide bonds. The number of amides is 1. The van der Waals surface area contributed by atoms with Crippen LogP contribution in [0.1, 0.15) is 42.1 Å². The van der Waals surface area contributed by atoms with Gasteiger partial charge in [0.15, 0.2) is 0 Å². The Hall–Kier alpha value is -2.60. The maximum Gasteiger partial charge on any atom is 0.246 e. The molecule has 5 aliphatic rings. The van der Waals surface area contributed by atoms with E-state index < -0.39 is 0 Å². The molecule has 6 heteroatoms. The standard InChI is InChI=1S/C23H26N4O2/c1-2-20(28)26-9-10-29-22-21-18(14-26)24-8-7-19(21)27(25-22)17-5-3-16(4-6-17)23-11-15(12-23)13-23/h2-6,15,18,24H,1,7-14H2/t15?,18-,23?/m0/s1. The highest BCUT2D eigenvalue weighted by atomic mass is 16.5. The Morgan fingerprint density at radius 1 is 1.28 bits per heavy atom. The third kappa shape index (κ3) is 2.51. The smallest absolute Gasteiger partial charge is 0.246 e. The van der Waals surface area contributed by atoms with Crippen molar-refractivity contribution < 1.29 is 9.53 Å². The molecular formula is C23H26N4O2. The number of aromatic nitrogens is 2. The van der Waals surface area contributed by atoms with E-state index in [-0.39, 0.29) is 11.9 Å². The van der Waals surface area contributed by atoms with Gasteiger partial charge in [0.2, 0.25) is 11.8 Å². The molecule has 0 saturated heterocycles. The molecule has 0 radical (unpaired) electrons. The summed E-state index contributed by atoms with van der Waals surface area (Å²) in [5, 5.41) is 8.39. The van der Waals surface area contributed by atoms with Crippen LogP contribution in [0, 0.1) is 5.92 Å². The molecule has 0 unspecified atom stereocenters. The van der Waals surface area contributed by atoms with E-state index in [1.54, 1.807) is 4.90 Å². The van der Waals surface area contributed by atoms with E-state index in [9.17, 15) is 4.79 Å². The lowest BCUT2D eigenvalue weighted by atomic mass is 9.42. The number of carbonyl (C=O) groups is 1. The molecule has 0 spiro atoms. The fourth-order valence-corrected chi connectivity index (χ4v) is 5.66. The van der Waals surface area contributed by atoms with E-state index in [4.69, 9.17) is 9.84 Å². The second-order valence-corrected chi connectivity index (χ2v) is 8.98. The maximum absolute atomic E-state index is 12.2. The Labute approximate surface area is 170 Å². The van der Waals surface area contributed by atoms with E-state index in [1.165, 1.54) is 36.6 Å².